The van der Waals surface area contributed by atoms with Gasteiger partial charge < -0.3 is 19.1 Å². The maximum atomic E-state index is 13.4. The van der Waals surface area contributed by atoms with Crippen molar-refractivity contribution in [1.29, 1.82) is 0 Å². The van der Waals surface area contributed by atoms with E-state index in [1.807, 2.05) is 47.4 Å². The van der Waals surface area contributed by atoms with E-state index in [1.165, 1.54) is 5.56 Å². The molecule has 0 aliphatic carbocycles. The summed E-state index contributed by atoms with van der Waals surface area (Å²) in [6.07, 6.45) is 1.93. The molecule has 1 amide bonds. The van der Waals surface area contributed by atoms with Crippen molar-refractivity contribution >= 4 is 17.2 Å². The van der Waals surface area contributed by atoms with Crippen LogP contribution in [0.25, 0.3) is 0 Å². The fourth-order valence-electron chi connectivity index (χ4n) is 4.19. The minimum absolute atomic E-state index is 0.110. The molecular weight excluding hydrogens is 410 g/mol. The lowest BCUT2D eigenvalue weighted by Gasteiger charge is -2.37. The van der Waals surface area contributed by atoms with E-state index in [0.717, 1.165) is 33.9 Å². The normalized spacial score (nSPS) is 15.3. The van der Waals surface area contributed by atoms with E-state index in [-0.39, 0.29) is 11.9 Å². The van der Waals surface area contributed by atoms with Crippen LogP contribution in [0.3, 0.4) is 0 Å². The number of benzene rings is 2. The molecule has 0 spiro atoms. The Balaban J connectivity index is 1.62. The van der Waals surface area contributed by atoms with Crippen LogP contribution in [0.15, 0.2) is 53.9 Å². The summed E-state index contributed by atoms with van der Waals surface area (Å²) in [6, 6.07) is 16.0. The number of hydrogen-bond acceptors (Lipinski definition) is 5. The van der Waals surface area contributed by atoms with Gasteiger partial charge in [-0.1, -0.05) is 18.2 Å². The maximum Gasteiger partial charge on any atom is 0.223 e. The fourth-order valence-corrected chi connectivity index (χ4v) is 5.05. The average molecular weight is 438 g/mol. The van der Waals surface area contributed by atoms with Gasteiger partial charge in [0.1, 0.15) is 5.75 Å². The van der Waals surface area contributed by atoms with Gasteiger partial charge in [0.2, 0.25) is 5.91 Å². The highest BCUT2D eigenvalue weighted by Crippen LogP contribution is 2.42. The van der Waals surface area contributed by atoms with E-state index in [9.17, 15) is 4.79 Å². The van der Waals surface area contributed by atoms with Gasteiger partial charge in [0, 0.05) is 17.8 Å². The van der Waals surface area contributed by atoms with Gasteiger partial charge >= 0.3 is 0 Å². The summed E-state index contributed by atoms with van der Waals surface area (Å²) in [7, 11) is 4.95. The van der Waals surface area contributed by atoms with Crippen LogP contribution in [-0.4, -0.2) is 38.7 Å². The van der Waals surface area contributed by atoms with E-state index in [1.54, 1.807) is 32.7 Å². The van der Waals surface area contributed by atoms with E-state index in [0.29, 0.717) is 25.1 Å². The van der Waals surface area contributed by atoms with Crippen molar-refractivity contribution in [3.8, 4) is 17.2 Å². The van der Waals surface area contributed by atoms with Crippen LogP contribution < -0.4 is 14.2 Å². The van der Waals surface area contributed by atoms with Crippen molar-refractivity contribution in [3.63, 3.8) is 0 Å². The smallest absolute Gasteiger partial charge is 0.223 e. The van der Waals surface area contributed by atoms with Gasteiger partial charge in [-0.15, -0.1) is 11.3 Å². The van der Waals surface area contributed by atoms with Crippen molar-refractivity contribution in [2.75, 3.05) is 27.9 Å². The molecule has 3 aromatic rings. The van der Waals surface area contributed by atoms with E-state index < -0.39 is 0 Å². The summed E-state index contributed by atoms with van der Waals surface area (Å²) >= 11 is 1.67. The van der Waals surface area contributed by atoms with Crippen molar-refractivity contribution in [2.45, 2.75) is 25.3 Å². The van der Waals surface area contributed by atoms with Crippen molar-refractivity contribution in [2.24, 2.45) is 0 Å². The van der Waals surface area contributed by atoms with Crippen LogP contribution in [-0.2, 0) is 17.6 Å². The summed E-state index contributed by atoms with van der Waals surface area (Å²) in [6.45, 7) is 0.683. The Morgan fingerprint density at radius 2 is 1.84 bits per heavy atom. The molecule has 1 aliphatic heterocycles. The third kappa shape index (κ3) is 4.39. The lowest BCUT2D eigenvalue weighted by Crippen LogP contribution is -2.40. The molecule has 2 aromatic carbocycles. The molecule has 0 N–H and O–H groups in total. The zero-order valence-electron chi connectivity index (χ0n) is 18.1. The standard InChI is InChI=1S/C25H27NO4S/c1-28-19-7-4-6-17(14-19)9-10-24(27)26-12-11-18-15-21(29-2)22(30-3)16-20(18)25(26)23-8-5-13-31-23/h4-8,13-16,25H,9-12H2,1-3H3. The van der Waals surface area contributed by atoms with Crippen LogP contribution in [0.2, 0.25) is 0 Å². The lowest BCUT2D eigenvalue weighted by atomic mass is 9.90. The molecule has 0 fully saturated rings. The molecule has 162 valence electrons. The Kier molecular flexibility index (Phi) is 6.47. The summed E-state index contributed by atoms with van der Waals surface area (Å²) in [5.74, 6) is 2.38. The Morgan fingerprint density at radius 3 is 2.55 bits per heavy atom. The van der Waals surface area contributed by atoms with Crippen LogP contribution in [0, 0.1) is 0 Å². The topological polar surface area (TPSA) is 48.0 Å². The van der Waals surface area contributed by atoms with Gasteiger partial charge in [0.15, 0.2) is 11.5 Å². The van der Waals surface area contributed by atoms with Gasteiger partial charge in [-0.2, -0.15) is 0 Å². The minimum atomic E-state index is -0.110. The molecule has 5 nitrogen and oxygen atoms in total. The van der Waals surface area contributed by atoms with Gasteiger partial charge in [0.05, 0.1) is 27.4 Å². The number of carbonyl (C=O) groups excluding carboxylic acids is 1. The summed E-state index contributed by atoms with van der Waals surface area (Å²) < 4.78 is 16.4. The predicted octanol–water partition coefficient (Wildman–Crippen LogP) is 4.88. The molecule has 31 heavy (non-hydrogen) atoms. The molecule has 0 bridgehead atoms. The number of amides is 1. The summed E-state index contributed by atoms with van der Waals surface area (Å²) in [5, 5.41) is 2.06. The quantitative estimate of drug-likeness (QED) is 0.529. The lowest BCUT2D eigenvalue weighted by molar-refractivity contribution is -0.133. The molecule has 1 unspecified atom stereocenters. The highest BCUT2D eigenvalue weighted by atomic mass is 32.1. The number of aryl methyl sites for hydroxylation is 1. The van der Waals surface area contributed by atoms with Crippen molar-refractivity contribution < 1.29 is 19.0 Å². The Morgan fingerprint density at radius 1 is 1.03 bits per heavy atom. The minimum Gasteiger partial charge on any atom is -0.497 e. The molecule has 6 heteroatoms. The van der Waals surface area contributed by atoms with Crippen LogP contribution >= 0.6 is 11.3 Å². The predicted molar refractivity (Wildman–Crippen MR) is 122 cm³/mol. The number of carbonyl (C=O) groups is 1. The molecule has 1 aliphatic rings. The highest BCUT2D eigenvalue weighted by molar-refractivity contribution is 7.10. The molecule has 0 saturated carbocycles. The number of fused-ring (bicyclic) bond motifs is 1. The molecule has 2 heterocycles. The first-order chi connectivity index (χ1) is 15.1. The second-order valence-electron chi connectivity index (χ2n) is 7.51. The SMILES string of the molecule is COc1cccc(CCC(=O)N2CCc3cc(OC)c(OC)cc3C2c2cccs2)c1. The Labute approximate surface area is 187 Å². The fraction of sp³-hybridized carbons (Fsp3) is 0.320. The Hall–Kier alpha value is -2.99. The highest BCUT2D eigenvalue weighted by Gasteiger charge is 2.33. The number of methoxy groups -OCH3 is 3. The first kappa shape index (κ1) is 21.2. The van der Waals surface area contributed by atoms with Crippen LogP contribution in [0.4, 0.5) is 0 Å². The summed E-state index contributed by atoms with van der Waals surface area (Å²) in [5.41, 5.74) is 3.41. The average Bonchev–Trinajstić information content (AvgIpc) is 3.35. The number of thiophene rings is 1. The zero-order valence-corrected chi connectivity index (χ0v) is 18.9. The van der Waals surface area contributed by atoms with E-state index in [4.69, 9.17) is 14.2 Å². The first-order valence-corrected chi connectivity index (χ1v) is 11.2. The number of ether oxygens (including phenoxy) is 3. The molecule has 1 atom stereocenters. The van der Waals surface area contributed by atoms with Gasteiger partial charge in [-0.3, -0.25) is 4.79 Å². The second kappa shape index (κ2) is 9.43. The number of nitrogens with zero attached hydrogens (tertiary/aromatic N) is 1. The third-order valence-electron chi connectivity index (χ3n) is 5.77. The maximum absolute atomic E-state index is 13.4. The molecule has 0 radical (unpaired) electrons. The second-order valence-corrected chi connectivity index (χ2v) is 8.49. The van der Waals surface area contributed by atoms with Crippen LogP contribution in [0.1, 0.15) is 34.0 Å². The molecule has 4 rings (SSSR count). The summed E-state index contributed by atoms with van der Waals surface area (Å²) in [4.78, 5) is 16.5. The molecular formula is C25H27NO4S. The number of rotatable bonds is 7. The van der Waals surface area contributed by atoms with Crippen LogP contribution in [0.5, 0.6) is 17.2 Å². The van der Waals surface area contributed by atoms with E-state index >= 15 is 0 Å². The first-order valence-electron chi connectivity index (χ1n) is 10.3. The Bertz CT molecular complexity index is 1050. The monoisotopic (exact) mass is 437 g/mol. The largest absolute Gasteiger partial charge is 0.497 e. The van der Waals surface area contributed by atoms with Crippen molar-refractivity contribution in [3.05, 3.63) is 75.5 Å². The molecule has 0 saturated heterocycles. The zero-order chi connectivity index (χ0) is 21.8. The molecule has 1 aromatic heterocycles. The van der Waals surface area contributed by atoms with E-state index in [2.05, 4.69) is 11.4 Å². The van der Waals surface area contributed by atoms with Gasteiger partial charge in [-0.05, 0) is 65.2 Å². The van der Waals surface area contributed by atoms with Crippen molar-refractivity contribution in [1.82, 2.24) is 4.90 Å². The third-order valence-corrected chi connectivity index (χ3v) is 6.69. The van der Waals surface area contributed by atoms with Gasteiger partial charge in [-0.25, -0.2) is 0 Å². The number of hydrogen-bond donors (Lipinski definition) is 0. The van der Waals surface area contributed by atoms with Gasteiger partial charge in [0.25, 0.3) is 0 Å².